The van der Waals surface area contributed by atoms with E-state index in [1.807, 2.05) is 4.90 Å². The SMILES string of the molecule is O=C(Nc1nnc(NCCCN2CCCC2=O)s1)c1cccc([N+](=O)[O-])c1. The van der Waals surface area contributed by atoms with E-state index in [9.17, 15) is 19.7 Å². The Bertz CT molecular complexity index is 855. The third kappa shape index (κ3) is 4.97. The Morgan fingerprint density at radius 2 is 2.15 bits per heavy atom. The molecule has 1 aliphatic rings. The number of nitrogens with one attached hydrogen (secondary N) is 2. The standard InChI is InChI=1S/C16H18N6O4S/c23-13-6-2-8-21(13)9-3-7-17-15-19-20-16(27-15)18-14(24)11-4-1-5-12(10-11)22(25)26/h1,4-5,10H,2-3,6-9H2,(H,17,19)(H,18,20,24). The highest BCUT2D eigenvalue weighted by Crippen LogP contribution is 2.21. The zero-order valence-electron chi connectivity index (χ0n) is 14.4. The average Bonchev–Trinajstić information content (AvgIpc) is 3.27. The summed E-state index contributed by atoms with van der Waals surface area (Å²) in [5.41, 5.74) is 0.0166. The van der Waals surface area contributed by atoms with Crippen LogP contribution < -0.4 is 10.6 Å². The molecule has 0 bridgehead atoms. The fourth-order valence-electron chi connectivity index (χ4n) is 2.68. The lowest BCUT2D eigenvalue weighted by atomic mass is 10.2. The summed E-state index contributed by atoms with van der Waals surface area (Å²) in [4.78, 5) is 35.8. The molecule has 0 saturated carbocycles. The molecular weight excluding hydrogens is 372 g/mol. The molecule has 1 aliphatic heterocycles. The van der Waals surface area contributed by atoms with E-state index < -0.39 is 10.8 Å². The van der Waals surface area contributed by atoms with Gasteiger partial charge in [-0.2, -0.15) is 0 Å². The first-order chi connectivity index (χ1) is 13.0. The summed E-state index contributed by atoms with van der Waals surface area (Å²) in [6.45, 7) is 2.17. The molecule has 2 heterocycles. The van der Waals surface area contributed by atoms with E-state index in [1.165, 1.54) is 35.6 Å². The zero-order valence-corrected chi connectivity index (χ0v) is 15.2. The third-order valence-corrected chi connectivity index (χ3v) is 4.81. The van der Waals surface area contributed by atoms with E-state index in [4.69, 9.17) is 0 Å². The Morgan fingerprint density at radius 1 is 1.33 bits per heavy atom. The molecule has 0 spiro atoms. The molecule has 1 fully saturated rings. The molecule has 11 heteroatoms. The normalized spacial score (nSPS) is 13.6. The van der Waals surface area contributed by atoms with Gasteiger partial charge in [0.05, 0.1) is 4.92 Å². The van der Waals surface area contributed by atoms with Crippen LogP contribution in [0.15, 0.2) is 24.3 Å². The first kappa shape index (κ1) is 18.7. The van der Waals surface area contributed by atoms with Gasteiger partial charge in [-0.1, -0.05) is 17.4 Å². The van der Waals surface area contributed by atoms with Gasteiger partial charge in [-0.3, -0.25) is 25.0 Å². The topological polar surface area (TPSA) is 130 Å². The Morgan fingerprint density at radius 3 is 2.89 bits per heavy atom. The quantitative estimate of drug-likeness (QED) is 0.401. The number of rotatable bonds is 8. The van der Waals surface area contributed by atoms with Crippen LogP contribution in [0.25, 0.3) is 0 Å². The summed E-state index contributed by atoms with van der Waals surface area (Å²) in [7, 11) is 0. The number of nitro groups is 1. The highest BCUT2D eigenvalue weighted by Gasteiger charge is 2.19. The number of carbonyl (C=O) groups is 2. The lowest BCUT2D eigenvalue weighted by molar-refractivity contribution is -0.384. The largest absolute Gasteiger partial charge is 0.360 e. The number of anilines is 2. The van der Waals surface area contributed by atoms with Crippen molar-refractivity contribution >= 4 is 39.1 Å². The Labute approximate surface area is 158 Å². The minimum Gasteiger partial charge on any atom is -0.360 e. The minimum atomic E-state index is -0.556. The van der Waals surface area contributed by atoms with Crippen molar-refractivity contribution in [2.24, 2.45) is 0 Å². The van der Waals surface area contributed by atoms with Crippen molar-refractivity contribution in [2.75, 3.05) is 30.3 Å². The Hall–Kier alpha value is -3.08. The number of hydrogen-bond donors (Lipinski definition) is 2. The molecule has 3 rings (SSSR count). The molecular formula is C16H18N6O4S. The lowest BCUT2D eigenvalue weighted by Crippen LogP contribution is -2.26. The number of nitrogens with zero attached hydrogens (tertiary/aromatic N) is 4. The van der Waals surface area contributed by atoms with Crippen LogP contribution in [0.4, 0.5) is 16.0 Å². The molecule has 0 aliphatic carbocycles. The Balaban J connectivity index is 1.47. The van der Waals surface area contributed by atoms with Gasteiger partial charge in [0, 0.05) is 43.8 Å². The van der Waals surface area contributed by atoms with Crippen LogP contribution in [0.1, 0.15) is 29.6 Å². The summed E-state index contributed by atoms with van der Waals surface area (Å²) in [5.74, 6) is -0.286. The predicted octanol–water partition coefficient (Wildman–Crippen LogP) is 2.12. The molecule has 0 radical (unpaired) electrons. The van der Waals surface area contributed by atoms with Crippen molar-refractivity contribution in [3.8, 4) is 0 Å². The summed E-state index contributed by atoms with van der Waals surface area (Å²) in [5, 5.41) is 25.1. The number of non-ortho nitro benzene ring substituents is 1. The summed E-state index contributed by atoms with van der Waals surface area (Å²) >= 11 is 1.17. The number of aromatic nitrogens is 2. The first-order valence-corrected chi connectivity index (χ1v) is 9.25. The fraction of sp³-hybridized carbons (Fsp3) is 0.375. The van der Waals surface area contributed by atoms with Crippen LogP contribution >= 0.6 is 11.3 Å². The average molecular weight is 390 g/mol. The van der Waals surface area contributed by atoms with E-state index in [-0.39, 0.29) is 17.2 Å². The number of nitro benzene ring substituents is 1. The van der Waals surface area contributed by atoms with Crippen LogP contribution in [0.3, 0.4) is 0 Å². The molecule has 2 aromatic rings. The van der Waals surface area contributed by atoms with E-state index >= 15 is 0 Å². The maximum Gasteiger partial charge on any atom is 0.270 e. The molecule has 1 aromatic carbocycles. The van der Waals surface area contributed by atoms with Crippen LogP contribution in [-0.4, -0.2) is 51.5 Å². The summed E-state index contributed by atoms with van der Waals surface area (Å²) in [6.07, 6.45) is 2.36. The van der Waals surface area contributed by atoms with Gasteiger partial charge in [0.2, 0.25) is 16.2 Å². The van der Waals surface area contributed by atoms with Gasteiger partial charge in [-0.05, 0) is 18.9 Å². The van der Waals surface area contributed by atoms with Crippen molar-refractivity contribution in [3.63, 3.8) is 0 Å². The summed E-state index contributed by atoms with van der Waals surface area (Å²) < 4.78 is 0. The monoisotopic (exact) mass is 390 g/mol. The molecule has 1 saturated heterocycles. The van der Waals surface area contributed by atoms with Gasteiger partial charge in [0.15, 0.2) is 0 Å². The van der Waals surface area contributed by atoms with Crippen molar-refractivity contribution in [1.82, 2.24) is 15.1 Å². The smallest absolute Gasteiger partial charge is 0.270 e. The minimum absolute atomic E-state index is 0.154. The number of hydrogen-bond acceptors (Lipinski definition) is 8. The fourth-order valence-corrected chi connectivity index (χ4v) is 3.35. The highest BCUT2D eigenvalue weighted by atomic mass is 32.1. The van der Waals surface area contributed by atoms with Crippen molar-refractivity contribution < 1.29 is 14.5 Å². The molecule has 2 amide bonds. The lowest BCUT2D eigenvalue weighted by Gasteiger charge is -2.14. The van der Waals surface area contributed by atoms with E-state index in [2.05, 4.69) is 20.8 Å². The molecule has 2 N–H and O–H groups in total. The van der Waals surface area contributed by atoms with Gasteiger partial charge in [-0.15, -0.1) is 10.2 Å². The Kier molecular flexibility index (Phi) is 5.91. The second kappa shape index (κ2) is 8.54. The predicted molar refractivity (Wildman–Crippen MR) is 99.9 cm³/mol. The first-order valence-electron chi connectivity index (χ1n) is 8.44. The number of amides is 2. The maximum absolute atomic E-state index is 12.2. The molecule has 27 heavy (non-hydrogen) atoms. The van der Waals surface area contributed by atoms with Gasteiger partial charge in [-0.25, -0.2) is 0 Å². The molecule has 1 aromatic heterocycles. The summed E-state index contributed by atoms with van der Waals surface area (Å²) in [6, 6.07) is 5.46. The van der Waals surface area contributed by atoms with E-state index in [1.54, 1.807) is 0 Å². The van der Waals surface area contributed by atoms with Crippen LogP contribution in [0.2, 0.25) is 0 Å². The molecule has 0 atom stereocenters. The maximum atomic E-state index is 12.2. The van der Waals surface area contributed by atoms with Crippen LogP contribution in [0.5, 0.6) is 0 Å². The molecule has 142 valence electrons. The zero-order chi connectivity index (χ0) is 19.2. The second-order valence-electron chi connectivity index (χ2n) is 5.94. The highest BCUT2D eigenvalue weighted by molar-refractivity contribution is 7.19. The molecule has 10 nitrogen and oxygen atoms in total. The van der Waals surface area contributed by atoms with Crippen molar-refractivity contribution in [1.29, 1.82) is 0 Å². The second-order valence-corrected chi connectivity index (χ2v) is 6.92. The van der Waals surface area contributed by atoms with Crippen molar-refractivity contribution in [3.05, 3.63) is 39.9 Å². The molecule has 0 unspecified atom stereocenters. The van der Waals surface area contributed by atoms with Gasteiger partial charge in [0.1, 0.15) is 0 Å². The number of benzene rings is 1. The number of likely N-dealkylation sites (tertiary alicyclic amines) is 1. The van der Waals surface area contributed by atoms with Crippen LogP contribution in [0, 0.1) is 10.1 Å². The van der Waals surface area contributed by atoms with E-state index in [0.717, 1.165) is 19.4 Å². The van der Waals surface area contributed by atoms with Crippen molar-refractivity contribution in [2.45, 2.75) is 19.3 Å². The number of carbonyl (C=O) groups excluding carboxylic acids is 2. The van der Waals surface area contributed by atoms with Gasteiger partial charge in [0.25, 0.3) is 11.6 Å². The van der Waals surface area contributed by atoms with E-state index in [0.29, 0.717) is 29.8 Å². The van der Waals surface area contributed by atoms with Gasteiger partial charge < -0.3 is 10.2 Å². The third-order valence-electron chi connectivity index (χ3n) is 4.02. The van der Waals surface area contributed by atoms with Crippen LogP contribution in [-0.2, 0) is 4.79 Å². The van der Waals surface area contributed by atoms with Gasteiger partial charge >= 0.3 is 0 Å².